The Bertz CT molecular complexity index is 1400. The van der Waals surface area contributed by atoms with Gasteiger partial charge in [0.1, 0.15) is 0 Å². The summed E-state index contributed by atoms with van der Waals surface area (Å²) in [6.45, 7) is 0. The maximum absolute atomic E-state index is 14.1. The molecule has 0 amide bonds. The van der Waals surface area contributed by atoms with Crippen molar-refractivity contribution < 1.29 is 7.87 Å². The number of hydrogen-bond acceptors (Lipinski definition) is 2. The summed E-state index contributed by atoms with van der Waals surface area (Å²) < 4.78 is 10.2. The van der Waals surface area contributed by atoms with Crippen LogP contribution in [0.25, 0.3) is 11.1 Å². The van der Waals surface area contributed by atoms with Crippen molar-refractivity contribution in [1.82, 2.24) is 0 Å². The monoisotopic (exact) mass is 560 g/mol. The van der Waals surface area contributed by atoms with Crippen molar-refractivity contribution in [3.63, 3.8) is 0 Å². The van der Waals surface area contributed by atoms with E-state index < -0.39 is 18.8 Å². The molecule has 2 nitrogen and oxygen atoms in total. The molecule has 0 aliphatic heterocycles. The summed E-state index contributed by atoms with van der Waals surface area (Å²) in [5.74, 6) is -0.234. The molecule has 0 spiro atoms. The zero-order valence-corrected chi connectivity index (χ0v) is 22.1. The molecule has 0 radical (unpaired) electrons. The van der Waals surface area contributed by atoms with Gasteiger partial charge in [-0.05, 0) is 0 Å². The van der Waals surface area contributed by atoms with E-state index in [0.29, 0.717) is 5.56 Å². The Morgan fingerprint density at radius 1 is 0.543 bits per heavy atom. The van der Waals surface area contributed by atoms with Crippen LogP contribution in [0.2, 0.25) is 0 Å². The van der Waals surface area contributed by atoms with Gasteiger partial charge in [0, 0.05) is 0 Å². The van der Waals surface area contributed by atoms with Gasteiger partial charge in [-0.2, -0.15) is 0 Å². The predicted molar refractivity (Wildman–Crippen MR) is 144 cm³/mol. The second kappa shape index (κ2) is 9.20. The standard InChI is InChI=1S/C14H10O2.3C6H5.Sn/c15-14(16)12-7-3-6-11-10-5-2-1-4-9(10)8-13(11)12;3*1-2-4-6-5-3-1;/h1-7H,8H2,(H,15,16);3*1-5H;/q;;;;+1/p-1. The molecule has 0 aromatic heterocycles. The zero-order valence-electron chi connectivity index (χ0n) is 19.2. The summed E-state index contributed by atoms with van der Waals surface area (Å²) in [7, 11) is 0. The summed E-state index contributed by atoms with van der Waals surface area (Å²) in [5.41, 5.74) is 5.33. The van der Waals surface area contributed by atoms with Gasteiger partial charge in [-0.25, -0.2) is 0 Å². The van der Waals surface area contributed by atoms with Gasteiger partial charge >= 0.3 is 211 Å². The average molecular weight is 559 g/mol. The molecule has 0 bridgehead atoms. The molecule has 168 valence electrons. The van der Waals surface area contributed by atoms with Crippen LogP contribution in [-0.2, 0) is 9.49 Å². The topological polar surface area (TPSA) is 26.3 Å². The molecule has 1 aliphatic rings. The second-order valence-electron chi connectivity index (χ2n) is 8.83. The van der Waals surface area contributed by atoms with Crippen LogP contribution < -0.4 is 10.7 Å². The van der Waals surface area contributed by atoms with Crippen molar-refractivity contribution >= 4 is 35.5 Å². The van der Waals surface area contributed by atoms with Gasteiger partial charge in [-0.3, -0.25) is 0 Å². The summed E-state index contributed by atoms with van der Waals surface area (Å²) in [4.78, 5) is 14.1. The van der Waals surface area contributed by atoms with Crippen LogP contribution in [0.5, 0.6) is 0 Å². The van der Waals surface area contributed by atoms with E-state index in [1.807, 2.05) is 66.7 Å². The van der Waals surface area contributed by atoms with Crippen molar-refractivity contribution in [3.05, 3.63) is 150 Å². The van der Waals surface area contributed by atoms with Gasteiger partial charge in [0.2, 0.25) is 0 Å². The van der Waals surface area contributed by atoms with Gasteiger partial charge in [0.05, 0.1) is 0 Å². The molecule has 5 aromatic rings. The van der Waals surface area contributed by atoms with Crippen molar-refractivity contribution in [1.29, 1.82) is 0 Å². The minimum absolute atomic E-state index is 0.234. The van der Waals surface area contributed by atoms with Crippen LogP contribution >= 0.6 is 0 Å². The SMILES string of the molecule is O=C([O][Sn]([c]1ccccc1)([c]1ccccc1)[c]1ccccc1)c1cccc2c1Cc1ccccc1-2. The summed E-state index contributed by atoms with van der Waals surface area (Å²) >= 11 is -4.18. The third kappa shape index (κ3) is 3.78. The van der Waals surface area contributed by atoms with Gasteiger partial charge in [0.15, 0.2) is 0 Å². The molecule has 0 saturated carbocycles. The number of rotatable bonds is 5. The Hall–Kier alpha value is -3.63. The van der Waals surface area contributed by atoms with Crippen molar-refractivity contribution in [2.24, 2.45) is 0 Å². The van der Waals surface area contributed by atoms with Crippen LogP contribution in [-0.4, -0.2) is 24.8 Å². The predicted octanol–water partition coefficient (Wildman–Crippen LogP) is 5.08. The van der Waals surface area contributed by atoms with E-state index in [1.165, 1.54) is 11.1 Å². The number of carbonyl (C=O) groups is 1. The van der Waals surface area contributed by atoms with E-state index in [-0.39, 0.29) is 5.97 Å². The Morgan fingerprint density at radius 2 is 1.03 bits per heavy atom. The molecular weight excluding hydrogens is 535 g/mol. The quantitative estimate of drug-likeness (QED) is 0.276. The first-order valence-corrected chi connectivity index (χ1v) is 17.3. The van der Waals surface area contributed by atoms with E-state index in [2.05, 4.69) is 66.7 Å². The number of fused-ring (bicyclic) bond motifs is 3. The second-order valence-corrected chi connectivity index (χ2v) is 18.2. The minimum atomic E-state index is -4.18. The maximum atomic E-state index is 14.1. The van der Waals surface area contributed by atoms with Gasteiger partial charge < -0.3 is 0 Å². The molecule has 0 N–H and O–H groups in total. The van der Waals surface area contributed by atoms with E-state index in [9.17, 15) is 4.79 Å². The molecule has 0 unspecified atom stereocenters. The summed E-state index contributed by atoms with van der Waals surface area (Å²) in [5, 5.41) is 0. The Balaban J connectivity index is 1.52. The molecular formula is C32H24O2Sn. The average Bonchev–Trinajstić information content (AvgIpc) is 3.32. The van der Waals surface area contributed by atoms with Gasteiger partial charge in [0.25, 0.3) is 0 Å². The van der Waals surface area contributed by atoms with Crippen LogP contribution in [0.3, 0.4) is 0 Å². The van der Waals surface area contributed by atoms with E-state index in [1.54, 1.807) is 0 Å². The van der Waals surface area contributed by atoms with Crippen molar-refractivity contribution in [2.45, 2.75) is 6.42 Å². The fraction of sp³-hybridized carbons (Fsp3) is 0.0312. The summed E-state index contributed by atoms with van der Waals surface area (Å²) in [6, 6.07) is 45.4. The molecule has 0 heterocycles. The molecule has 6 rings (SSSR count). The van der Waals surface area contributed by atoms with Crippen LogP contribution in [0.15, 0.2) is 133 Å². The van der Waals surface area contributed by atoms with E-state index in [0.717, 1.165) is 28.3 Å². The third-order valence-corrected chi connectivity index (χ3v) is 18.1. The fourth-order valence-corrected chi connectivity index (χ4v) is 15.9. The van der Waals surface area contributed by atoms with Gasteiger partial charge in [-0.15, -0.1) is 0 Å². The molecule has 5 aromatic carbocycles. The third-order valence-electron chi connectivity index (χ3n) is 6.86. The first-order chi connectivity index (χ1) is 17.3. The molecule has 1 aliphatic carbocycles. The number of carbonyl (C=O) groups excluding carboxylic acids is 1. The van der Waals surface area contributed by atoms with Crippen LogP contribution in [0.4, 0.5) is 0 Å². The molecule has 35 heavy (non-hydrogen) atoms. The fourth-order valence-electron chi connectivity index (χ4n) is 5.24. The Kier molecular flexibility index (Phi) is 5.75. The molecule has 3 heteroatoms. The molecule has 0 atom stereocenters. The molecule has 0 saturated heterocycles. The van der Waals surface area contributed by atoms with Crippen molar-refractivity contribution in [2.75, 3.05) is 0 Å². The summed E-state index contributed by atoms with van der Waals surface area (Å²) in [6.07, 6.45) is 0.751. The first kappa shape index (κ1) is 21.9. The van der Waals surface area contributed by atoms with Crippen LogP contribution in [0.1, 0.15) is 21.5 Å². The normalized spacial score (nSPS) is 12.0. The first-order valence-electron chi connectivity index (χ1n) is 11.9. The van der Waals surface area contributed by atoms with Crippen LogP contribution in [0, 0.1) is 0 Å². The number of hydrogen-bond donors (Lipinski definition) is 0. The number of benzene rings is 5. The zero-order chi connectivity index (χ0) is 23.7. The van der Waals surface area contributed by atoms with E-state index in [4.69, 9.17) is 3.07 Å². The Morgan fingerprint density at radius 3 is 1.60 bits per heavy atom. The Labute approximate surface area is 210 Å². The van der Waals surface area contributed by atoms with Gasteiger partial charge in [-0.1, -0.05) is 0 Å². The van der Waals surface area contributed by atoms with E-state index >= 15 is 0 Å². The molecule has 0 fully saturated rings. The van der Waals surface area contributed by atoms with Crippen molar-refractivity contribution in [3.8, 4) is 11.1 Å².